The summed E-state index contributed by atoms with van der Waals surface area (Å²) in [4.78, 5) is 20.4. The van der Waals surface area contributed by atoms with Crippen molar-refractivity contribution < 1.29 is 4.79 Å². The van der Waals surface area contributed by atoms with Gasteiger partial charge in [0.1, 0.15) is 5.78 Å². The van der Waals surface area contributed by atoms with E-state index in [1.807, 2.05) is 45.9 Å². The normalized spacial score (nSPS) is 11.5. The van der Waals surface area contributed by atoms with E-state index < -0.39 is 0 Å². The van der Waals surface area contributed by atoms with E-state index >= 15 is 0 Å². The summed E-state index contributed by atoms with van der Waals surface area (Å²) < 4.78 is 0. The fourth-order valence-corrected chi connectivity index (χ4v) is 2.28. The number of hydrogen-bond acceptors (Lipinski definition) is 3. The van der Waals surface area contributed by atoms with Crippen molar-refractivity contribution in [3.05, 3.63) is 58.1 Å². The van der Waals surface area contributed by atoms with Crippen LogP contribution in [0, 0.1) is 12.3 Å². The number of benzene rings is 1. The number of Topliss-reactive ketones (excluding diaryl/α,β-unsaturated/α-hetero) is 1. The maximum atomic E-state index is 12.2. The van der Waals surface area contributed by atoms with Crippen LogP contribution < -0.4 is 0 Å². The van der Waals surface area contributed by atoms with Crippen molar-refractivity contribution in [2.45, 2.75) is 40.5 Å². The third kappa shape index (κ3) is 4.38. The van der Waals surface area contributed by atoms with Gasteiger partial charge < -0.3 is 0 Å². The minimum Gasteiger partial charge on any atom is -0.299 e. The van der Waals surface area contributed by atoms with Crippen LogP contribution in [-0.4, -0.2) is 15.8 Å². The molecule has 0 radical (unpaired) electrons. The molecule has 1 aromatic carbocycles. The molecule has 22 heavy (non-hydrogen) atoms. The Morgan fingerprint density at radius 2 is 1.91 bits per heavy atom. The summed E-state index contributed by atoms with van der Waals surface area (Å²) in [7, 11) is 0. The van der Waals surface area contributed by atoms with Gasteiger partial charge in [0.05, 0.1) is 5.69 Å². The SMILES string of the molecule is Cc1cnc(Cl)nc1Cc1cccc(CC(=O)C(C)(C)C)c1. The van der Waals surface area contributed by atoms with E-state index in [1.54, 1.807) is 6.20 Å². The third-order valence-electron chi connectivity index (χ3n) is 3.61. The number of ketones is 1. The minimum absolute atomic E-state index is 0.242. The predicted molar refractivity (Wildman–Crippen MR) is 89.2 cm³/mol. The Hall–Kier alpha value is -1.74. The van der Waals surface area contributed by atoms with Gasteiger partial charge in [-0.2, -0.15) is 0 Å². The zero-order valence-corrected chi connectivity index (χ0v) is 14.2. The molecule has 0 aliphatic heterocycles. The summed E-state index contributed by atoms with van der Waals surface area (Å²) in [6.45, 7) is 7.82. The molecule has 0 aliphatic carbocycles. The fourth-order valence-electron chi connectivity index (χ4n) is 2.13. The minimum atomic E-state index is -0.313. The molecule has 0 amide bonds. The smallest absolute Gasteiger partial charge is 0.222 e. The Balaban J connectivity index is 2.18. The van der Waals surface area contributed by atoms with E-state index in [2.05, 4.69) is 16.0 Å². The van der Waals surface area contributed by atoms with Gasteiger partial charge in [-0.15, -0.1) is 0 Å². The average molecular weight is 317 g/mol. The molecular weight excluding hydrogens is 296 g/mol. The molecule has 1 heterocycles. The molecular formula is C18H21ClN2O. The van der Waals surface area contributed by atoms with Crippen molar-refractivity contribution in [2.75, 3.05) is 0 Å². The van der Waals surface area contributed by atoms with Crippen LogP contribution in [0.15, 0.2) is 30.5 Å². The van der Waals surface area contributed by atoms with Crippen molar-refractivity contribution in [1.29, 1.82) is 0 Å². The Morgan fingerprint density at radius 3 is 2.59 bits per heavy atom. The summed E-state index contributed by atoms with van der Waals surface area (Å²) >= 11 is 5.87. The van der Waals surface area contributed by atoms with Crippen LogP contribution in [0.5, 0.6) is 0 Å². The molecule has 0 aliphatic rings. The van der Waals surface area contributed by atoms with Crippen LogP contribution >= 0.6 is 11.6 Å². The van der Waals surface area contributed by atoms with Crippen LogP contribution in [0.2, 0.25) is 5.28 Å². The molecule has 0 N–H and O–H groups in total. The van der Waals surface area contributed by atoms with E-state index in [0.717, 1.165) is 22.4 Å². The Kier molecular flexibility index (Phi) is 4.97. The van der Waals surface area contributed by atoms with E-state index in [1.165, 1.54) is 0 Å². The zero-order valence-electron chi connectivity index (χ0n) is 13.5. The number of carbonyl (C=O) groups is 1. The molecule has 116 valence electrons. The molecule has 2 rings (SSSR count). The summed E-state index contributed by atoms with van der Waals surface area (Å²) in [5.41, 5.74) is 3.78. The molecule has 0 fully saturated rings. The molecule has 0 spiro atoms. The maximum absolute atomic E-state index is 12.2. The van der Waals surface area contributed by atoms with Crippen LogP contribution in [-0.2, 0) is 17.6 Å². The standard InChI is InChI=1S/C18H21ClN2O/c1-12-11-20-17(19)21-15(12)9-13-6-5-7-14(8-13)10-16(22)18(2,3)4/h5-8,11H,9-10H2,1-4H3. The topological polar surface area (TPSA) is 42.9 Å². The highest BCUT2D eigenvalue weighted by atomic mass is 35.5. The van der Waals surface area contributed by atoms with Gasteiger partial charge in [-0.1, -0.05) is 45.0 Å². The zero-order chi connectivity index (χ0) is 16.3. The molecule has 0 unspecified atom stereocenters. The second-order valence-electron chi connectivity index (χ2n) is 6.62. The Bertz CT molecular complexity index is 690. The average Bonchev–Trinajstić information content (AvgIpc) is 2.42. The first-order valence-electron chi connectivity index (χ1n) is 7.35. The second-order valence-corrected chi connectivity index (χ2v) is 6.95. The predicted octanol–water partition coefficient (Wildman–Crippen LogP) is 4.19. The highest BCUT2D eigenvalue weighted by Gasteiger charge is 2.21. The van der Waals surface area contributed by atoms with Gasteiger partial charge in [0, 0.05) is 24.5 Å². The summed E-state index contributed by atoms with van der Waals surface area (Å²) in [6.07, 6.45) is 2.88. The van der Waals surface area contributed by atoms with Crippen molar-refractivity contribution in [1.82, 2.24) is 9.97 Å². The lowest BCUT2D eigenvalue weighted by molar-refractivity contribution is -0.125. The number of hydrogen-bond donors (Lipinski definition) is 0. The van der Waals surface area contributed by atoms with Gasteiger partial charge >= 0.3 is 0 Å². The lowest BCUT2D eigenvalue weighted by Gasteiger charge is -2.16. The second kappa shape index (κ2) is 6.57. The monoisotopic (exact) mass is 316 g/mol. The first-order chi connectivity index (χ1) is 10.3. The number of halogens is 1. The number of rotatable bonds is 4. The van der Waals surface area contributed by atoms with Crippen molar-refractivity contribution in [3.8, 4) is 0 Å². The third-order valence-corrected chi connectivity index (χ3v) is 3.79. The number of aromatic nitrogens is 2. The maximum Gasteiger partial charge on any atom is 0.222 e. The van der Waals surface area contributed by atoms with Gasteiger partial charge in [0.15, 0.2) is 0 Å². The van der Waals surface area contributed by atoms with E-state index in [0.29, 0.717) is 12.8 Å². The van der Waals surface area contributed by atoms with Gasteiger partial charge in [0.2, 0.25) is 5.28 Å². The van der Waals surface area contributed by atoms with E-state index in [9.17, 15) is 4.79 Å². The van der Waals surface area contributed by atoms with Gasteiger partial charge in [-0.25, -0.2) is 9.97 Å². The quantitative estimate of drug-likeness (QED) is 0.794. The molecule has 1 aromatic heterocycles. The van der Waals surface area contributed by atoms with E-state index in [4.69, 9.17) is 11.6 Å². The van der Waals surface area contributed by atoms with Crippen molar-refractivity contribution in [3.63, 3.8) is 0 Å². The summed E-state index contributed by atoms with van der Waals surface area (Å²) in [5, 5.41) is 0.264. The van der Waals surface area contributed by atoms with Crippen LogP contribution in [0.1, 0.15) is 43.2 Å². The molecule has 4 heteroatoms. The van der Waals surface area contributed by atoms with Gasteiger partial charge in [-0.05, 0) is 35.2 Å². The molecule has 0 saturated heterocycles. The molecule has 3 nitrogen and oxygen atoms in total. The molecule has 0 bridgehead atoms. The summed E-state index contributed by atoms with van der Waals surface area (Å²) in [5.74, 6) is 0.242. The first kappa shape index (κ1) is 16.6. The first-order valence-corrected chi connectivity index (χ1v) is 7.72. The Morgan fingerprint density at radius 1 is 1.23 bits per heavy atom. The molecule has 2 aromatic rings. The van der Waals surface area contributed by atoms with E-state index in [-0.39, 0.29) is 16.5 Å². The van der Waals surface area contributed by atoms with Crippen LogP contribution in [0.3, 0.4) is 0 Å². The number of nitrogens with zero attached hydrogens (tertiary/aromatic N) is 2. The lowest BCUT2D eigenvalue weighted by atomic mass is 9.87. The Labute approximate surface area is 136 Å². The van der Waals surface area contributed by atoms with Crippen LogP contribution in [0.25, 0.3) is 0 Å². The van der Waals surface area contributed by atoms with Crippen LogP contribution in [0.4, 0.5) is 0 Å². The summed E-state index contributed by atoms with van der Waals surface area (Å²) in [6, 6.07) is 8.09. The number of carbonyl (C=O) groups excluding carboxylic acids is 1. The van der Waals surface area contributed by atoms with Gasteiger partial charge in [-0.3, -0.25) is 4.79 Å². The fraction of sp³-hybridized carbons (Fsp3) is 0.389. The molecule has 0 atom stereocenters. The van der Waals surface area contributed by atoms with Crippen molar-refractivity contribution >= 4 is 17.4 Å². The number of aryl methyl sites for hydroxylation is 1. The largest absolute Gasteiger partial charge is 0.299 e. The lowest BCUT2D eigenvalue weighted by Crippen LogP contribution is -2.22. The molecule has 0 saturated carbocycles. The van der Waals surface area contributed by atoms with Crippen molar-refractivity contribution in [2.24, 2.45) is 5.41 Å². The highest BCUT2D eigenvalue weighted by molar-refractivity contribution is 6.28. The van der Waals surface area contributed by atoms with Gasteiger partial charge in [0.25, 0.3) is 0 Å². The highest BCUT2D eigenvalue weighted by Crippen LogP contribution is 2.19.